The Morgan fingerprint density at radius 2 is 1.39 bits per heavy atom. The van der Waals surface area contributed by atoms with Crippen LogP contribution in [-0.2, 0) is 0 Å². The monoisotopic (exact) mass is 380 g/mol. The molecule has 0 heterocycles. The van der Waals surface area contributed by atoms with Crippen molar-refractivity contribution in [1.29, 1.82) is 0 Å². The highest BCUT2D eigenvalue weighted by Crippen LogP contribution is 2.13. The summed E-state index contributed by atoms with van der Waals surface area (Å²) in [6.07, 6.45) is 2.88. The highest BCUT2D eigenvalue weighted by Gasteiger charge is 2.02. The van der Waals surface area contributed by atoms with Crippen LogP contribution in [0.5, 0.6) is 0 Å². The number of rotatable bonds is 4. The van der Waals surface area contributed by atoms with Crippen molar-refractivity contribution in [1.82, 2.24) is 0 Å². The van der Waals surface area contributed by atoms with E-state index >= 15 is 0 Å². The van der Waals surface area contributed by atoms with Gasteiger partial charge in [0.15, 0.2) is 0 Å². The molecule has 0 aliphatic rings. The summed E-state index contributed by atoms with van der Waals surface area (Å²) in [6, 6.07) is 6.82. The zero-order valence-electron chi connectivity index (χ0n) is 8.93. The molecular formula is C10H10Br2N2O4. The van der Waals surface area contributed by atoms with Gasteiger partial charge in [-0.05, 0) is 17.2 Å². The molecule has 0 fully saturated rings. The lowest BCUT2D eigenvalue weighted by atomic mass is 10.1. The summed E-state index contributed by atoms with van der Waals surface area (Å²) in [4.78, 5) is 0. The molecule has 0 saturated carbocycles. The van der Waals surface area contributed by atoms with Crippen molar-refractivity contribution in [2.24, 2.45) is 0 Å². The Bertz CT molecular complexity index is 435. The number of halogens is 2. The molecule has 6 nitrogen and oxygen atoms in total. The van der Waals surface area contributed by atoms with Crippen molar-refractivity contribution < 1.29 is 20.9 Å². The van der Waals surface area contributed by atoms with E-state index in [2.05, 4.69) is 31.9 Å². The SMILES string of the molecule is [O-][NH+](O)C(Br)=Cc1cccc(C=C(Br)[NH+]([O-])O)c1. The molecule has 1 aromatic carbocycles. The van der Waals surface area contributed by atoms with Crippen LogP contribution in [-0.4, -0.2) is 10.4 Å². The molecule has 0 saturated heterocycles. The maximum absolute atomic E-state index is 10.6. The van der Waals surface area contributed by atoms with Crippen LogP contribution in [0.1, 0.15) is 11.1 Å². The van der Waals surface area contributed by atoms with Crippen molar-refractivity contribution in [3.05, 3.63) is 55.0 Å². The number of hydroxylamine groups is 4. The van der Waals surface area contributed by atoms with Crippen LogP contribution in [0.15, 0.2) is 33.5 Å². The van der Waals surface area contributed by atoms with Crippen molar-refractivity contribution in [2.75, 3.05) is 0 Å². The first-order valence-electron chi connectivity index (χ1n) is 4.71. The summed E-state index contributed by atoms with van der Waals surface area (Å²) in [5.74, 6) is 0. The second kappa shape index (κ2) is 7.12. The maximum Gasteiger partial charge on any atom is 0.207 e. The van der Waals surface area contributed by atoms with Gasteiger partial charge in [0.1, 0.15) is 0 Å². The smallest absolute Gasteiger partial charge is 0.207 e. The zero-order valence-corrected chi connectivity index (χ0v) is 12.1. The Labute approximate surface area is 120 Å². The van der Waals surface area contributed by atoms with Crippen molar-refractivity contribution >= 4 is 44.0 Å². The average Bonchev–Trinajstić information content (AvgIpc) is 2.29. The second-order valence-electron chi connectivity index (χ2n) is 3.26. The Hall–Kier alpha value is -0.580. The number of benzene rings is 1. The Balaban J connectivity index is 3.00. The van der Waals surface area contributed by atoms with E-state index in [0.29, 0.717) is 11.1 Å². The lowest BCUT2D eigenvalue weighted by Gasteiger charge is -2.10. The molecule has 0 radical (unpaired) electrons. The minimum absolute atomic E-state index is 0.0286. The normalized spacial score (nSPS) is 16.6. The van der Waals surface area contributed by atoms with E-state index < -0.39 is 10.5 Å². The topological polar surface area (TPSA) is 95.5 Å². The molecular weight excluding hydrogens is 372 g/mol. The minimum atomic E-state index is -1.07. The maximum atomic E-state index is 10.6. The third-order valence-corrected chi connectivity index (χ3v) is 3.04. The number of quaternary nitrogens is 2. The lowest BCUT2D eigenvalue weighted by molar-refractivity contribution is -1.01. The fourth-order valence-corrected chi connectivity index (χ4v) is 1.68. The molecule has 2 atom stereocenters. The fraction of sp³-hybridized carbons (Fsp3) is 0. The van der Waals surface area contributed by atoms with Crippen molar-refractivity contribution in [3.63, 3.8) is 0 Å². The van der Waals surface area contributed by atoms with Crippen molar-refractivity contribution in [3.8, 4) is 0 Å². The molecule has 1 rings (SSSR count). The molecule has 18 heavy (non-hydrogen) atoms. The van der Waals surface area contributed by atoms with E-state index in [1.165, 1.54) is 12.2 Å². The summed E-state index contributed by atoms with van der Waals surface area (Å²) in [5, 5.41) is 36.6. The lowest BCUT2D eigenvalue weighted by Crippen LogP contribution is -3.01. The molecule has 0 bridgehead atoms. The van der Waals surface area contributed by atoms with Gasteiger partial charge in [-0.25, -0.2) is 10.4 Å². The van der Waals surface area contributed by atoms with Gasteiger partial charge in [0.05, 0.1) is 0 Å². The Morgan fingerprint density at radius 1 is 1.00 bits per heavy atom. The molecule has 98 valence electrons. The van der Waals surface area contributed by atoms with Gasteiger partial charge in [-0.2, -0.15) is 10.5 Å². The van der Waals surface area contributed by atoms with Crippen LogP contribution in [0.3, 0.4) is 0 Å². The van der Waals surface area contributed by atoms with Gasteiger partial charge in [0.25, 0.3) is 0 Å². The van der Waals surface area contributed by atoms with Gasteiger partial charge in [0, 0.05) is 44.0 Å². The first-order valence-corrected chi connectivity index (χ1v) is 6.30. The van der Waals surface area contributed by atoms with Crippen LogP contribution < -0.4 is 10.5 Å². The van der Waals surface area contributed by atoms with Gasteiger partial charge in [0.2, 0.25) is 9.21 Å². The molecule has 0 aliphatic carbocycles. The van der Waals surface area contributed by atoms with Crippen LogP contribution >= 0.6 is 31.9 Å². The molecule has 2 unspecified atom stereocenters. The van der Waals surface area contributed by atoms with E-state index in [-0.39, 0.29) is 9.21 Å². The van der Waals surface area contributed by atoms with Gasteiger partial charge >= 0.3 is 0 Å². The van der Waals surface area contributed by atoms with Crippen LogP contribution in [0.25, 0.3) is 12.2 Å². The predicted octanol–water partition coefficient (Wildman–Crippen LogP) is 0.617. The van der Waals surface area contributed by atoms with Gasteiger partial charge in [-0.3, -0.25) is 0 Å². The largest absolute Gasteiger partial charge is 0.594 e. The van der Waals surface area contributed by atoms with Crippen molar-refractivity contribution in [2.45, 2.75) is 0 Å². The fourth-order valence-electron chi connectivity index (χ4n) is 1.15. The summed E-state index contributed by atoms with van der Waals surface area (Å²) in [7, 11) is 0. The minimum Gasteiger partial charge on any atom is -0.594 e. The Kier molecular flexibility index (Phi) is 6.12. The molecule has 0 spiro atoms. The van der Waals surface area contributed by atoms with Gasteiger partial charge < -0.3 is 10.4 Å². The molecule has 0 aromatic heterocycles. The predicted molar refractivity (Wildman–Crippen MR) is 72.5 cm³/mol. The number of hydrogen-bond donors (Lipinski definition) is 4. The molecule has 4 N–H and O–H groups in total. The number of nitrogens with one attached hydrogen (secondary N) is 2. The molecule has 0 aliphatic heterocycles. The summed E-state index contributed by atoms with van der Waals surface area (Å²) >= 11 is 5.84. The second-order valence-corrected chi connectivity index (χ2v) is 4.97. The van der Waals surface area contributed by atoms with Gasteiger partial charge in [-0.1, -0.05) is 18.2 Å². The third kappa shape index (κ3) is 4.96. The summed E-state index contributed by atoms with van der Waals surface area (Å²) in [6.45, 7) is 0. The van der Waals surface area contributed by atoms with E-state index in [4.69, 9.17) is 10.4 Å². The van der Waals surface area contributed by atoms with E-state index in [1.54, 1.807) is 24.3 Å². The first kappa shape index (κ1) is 15.5. The van der Waals surface area contributed by atoms with Gasteiger partial charge in [-0.15, -0.1) is 0 Å². The highest BCUT2D eigenvalue weighted by atomic mass is 79.9. The first-order chi connectivity index (χ1) is 8.40. The van der Waals surface area contributed by atoms with Crippen LogP contribution in [0.2, 0.25) is 0 Å². The zero-order chi connectivity index (χ0) is 13.7. The van der Waals surface area contributed by atoms with Crippen LogP contribution in [0.4, 0.5) is 0 Å². The summed E-state index contributed by atoms with van der Waals surface area (Å²) in [5.41, 5.74) is 1.31. The Morgan fingerprint density at radius 3 is 1.72 bits per heavy atom. The highest BCUT2D eigenvalue weighted by molar-refractivity contribution is 9.11. The number of hydrogen-bond acceptors (Lipinski definition) is 4. The van der Waals surface area contributed by atoms with Crippen LogP contribution in [0, 0.1) is 10.4 Å². The standard InChI is InChI=1S/C10H10Br2N2O4/c11-9(13(15)16)5-7-2-1-3-8(4-7)6-10(12)14(17)18/h1-6,13-15,17H. The van der Waals surface area contributed by atoms with E-state index in [1.807, 2.05) is 0 Å². The molecule has 1 aromatic rings. The third-order valence-electron chi connectivity index (χ3n) is 1.91. The quantitative estimate of drug-likeness (QED) is 0.454. The average molecular weight is 382 g/mol. The summed E-state index contributed by atoms with van der Waals surface area (Å²) < 4.78 is 0.0573. The van der Waals surface area contributed by atoms with E-state index in [9.17, 15) is 10.4 Å². The molecule has 0 amide bonds. The molecule has 8 heteroatoms. The van der Waals surface area contributed by atoms with E-state index in [0.717, 1.165) is 0 Å².